The molecule has 27 heavy (non-hydrogen) atoms. The van der Waals surface area contributed by atoms with Crippen LogP contribution in [0.5, 0.6) is 11.5 Å². The van der Waals surface area contributed by atoms with E-state index in [0.29, 0.717) is 31.0 Å². The summed E-state index contributed by atoms with van der Waals surface area (Å²) < 4.78 is 10.9. The number of rotatable bonds is 8. The molecule has 0 saturated carbocycles. The monoisotopic (exact) mass is 370 g/mol. The Kier molecular flexibility index (Phi) is 6.32. The van der Waals surface area contributed by atoms with Crippen LogP contribution >= 0.6 is 0 Å². The predicted octanol–water partition coefficient (Wildman–Crippen LogP) is 1.96. The molecule has 0 bridgehead atoms. The second-order valence-corrected chi connectivity index (χ2v) is 6.56. The van der Waals surface area contributed by atoms with Crippen molar-refractivity contribution in [2.45, 2.75) is 32.0 Å². The van der Waals surface area contributed by atoms with E-state index in [2.05, 4.69) is 22.8 Å². The number of methoxy groups -OCH3 is 1. The van der Waals surface area contributed by atoms with Gasteiger partial charge in [0.15, 0.2) is 18.1 Å². The highest BCUT2D eigenvalue weighted by Gasteiger charge is 2.30. The maximum Gasteiger partial charge on any atom is 0.257 e. The second kappa shape index (κ2) is 8.88. The molecule has 0 aromatic heterocycles. The summed E-state index contributed by atoms with van der Waals surface area (Å²) in [6.45, 7) is 2.97. The van der Waals surface area contributed by atoms with Gasteiger partial charge in [0.05, 0.1) is 19.3 Å². The molecule has 1 amide bonds. The van der Waals surface area contributed by atoms with Crippen LogP contribution in [0.2, 0.25) is 0 Å². The summed E-state index contributed by atoms with van der Waals surface area (Å²) in [5.74, 6) is 0.934. The van der Waals surface area contributed by atoms with Crippen LogP contribution in [0.25, 0.3) is 0 Å². The molecule has 1 aliphatic rings. The van der Waals surface area contributed by atoms with Crippen molar-refractivity contribution in [2.24, 2.45) is 0 Å². The van der Waals surface area contributed by atoms with Gasteiger partial charge in [-0.2, -0.15) is 0 Å². The Morgan fingerprint density at radius 1 is 1.22 bits per heavy atom. The van der Waals surface area contributed by atoms with Gasteiger partial charge in [-0.3, -0.25) is 4.79 Å². The molecule has 0 unspecified atom stereocenters. The fraction of sp³-hybridized carbons (Fsp3) is 0.381. The number of nitrogens with one attached hydrogen (secondary N) is 2. The van der Waals surface area contributed by atoms with Crippen LogP contribution in [0.15, 0.2) is 42.5 Å². The van der Waals surface area contributed by atoms with E-state index >= 15 is 0 Å². The summed E-state index contributed by atoms with van der Waals surface area (Å²) in [6.07, 6.45) is 0.244. The molecular weight excluding hydrogens is 344 g/mol. The third kappa shape index (κ3) is 4.59. The molecule has 144 valence electrons. The van der Waals surface area contributed by atoms with Gasteiger partial charge in [0, 0.05) is 19.5 Å². The number of ether oxygens (including phenoxy) is 2. The molecule has 6 nitrogen and oxygen atoms in total. The number of fused-ring (bicyclic) bond motifs is 1. The molecular formula is C21H26N2O4. The Hall–Kier alpha value is -2.57. The van der Waals surface area contributed by atoms with Crippen molar-refractivity contribution in [2.75, 3.05) is 20.3 Å². The molecule has 2 atom stereocenters. The zero-order valence-electron chi connectivity index (χ0n) is 15.7. The van der Waals surface area contributed by atoms with Gasteiger partial charge in [0.25, 0.3) is 5.91 Å². The molecule has 0 radical (unpaired) electrons. The SMILES string of the molecule is CCNC(=O)COc1ccc(CN[C@@H]2c3ccccc3C[C@@H]2O)cc1OC. The van der Waals surface area contributed by atoms with Gasteiger partial charge < -0.3 is 25.2 Å². The van der Waals surface area contributed by atoms with Crippen LogP contribution in [-0.4, -0.2) is 37.4 Å². The number of aliphatic hydroxyl groups is 1. The molecule has 0 spiro atoms. The van der Waals surface area contributed by atoms with Crippen molar-refractivity contribution in [1.29, 1.82) is 0 Å². The van der Waals surface area contributed by atoms with Crippen molar-refractivity contribution in [3.8, 4) is 11.5 Å². The standard InChI is InChI=1S/C21H26N2O4/c1-3-22-20(25)13-27-18-9-8-14(10-19(18)26-2)12-23-21-16-7-5-4-6-15(16)11-17(21)24/h4-10,17,21,23-24H,3,11-13H2,1-2H3,(H,22,25)/t17-,21+/m0/s1. The first-order valence-corrected chi connectivity index (χ1v) is 9.18. The van der Waals surface area contributed by atoms with Gasteiger partial charge in [-0.25, -0.2) is 0 Å². The molecule has 0 aliphatic heterocycles. The van der Waals surface area contributed by atoms with Gasteiger partial charge in [-0.05, 0) is 35.7 Å². The summed E-state index contributed by atoms with van der Waals surface area (Å²) in [7, 11) is 1.57. The van der Waals surface area contributed by atoms with E-state index in [-0.39, 0.29) is 18.6 Å². The Morgan fingerprint density at radius 3 is 2.81 bits per heavy atom. The molecule has 6 heteroatoms. The number of likely N-dealkylation sites (N-methyl/N-ethyl adjacent to an activating group) is 1. The van der Waals surface area contributed by atoms with Crippen LogP contribution in [0, 0.1) is 0 Å². The van der Waals surface area contributed by atoms with Crippen LogP contribution in [-0.2, 0) is 17.8 Å². The Balaban J connectivity index is 1.63. The average molecular weight is 370 g/mol. The lowest BCUT2D eigenvalue weighted by Gasteiger charge is -2.19. The van der Waals surface area contributed by atoms with E-state index in [4.69, 9.17) is 9.47 Å². The molecule has 1 aliphatic carbocycles. The zero-order valence-corrected chi connectivity index (χ0v) is 15.7. The van der Waals surface area contributed by atoms with E-state index in [1.54, 1.807) is 13.2 Å². The highest BCUT2D eigenvalue weighted by Crippen LogP contribution is 2.32. The molecule has 0 heterocycles. The first-order chi connectivity index (χ1) is 13.1. The van der Waals surface area contributed by atoms with Crippen molar-refractivity contribution >= 4 is 5.91 Å². The smallest absolute Gasteiger partial charge is 0.257 e. The quantitative estimate of drug-likeness (QED) is 0.662. The number of carbonyl (C=O) groups is 1. The number of amides is 1. The molecule has 0 saturated heterocycles. The van der Waals surface area contributed by atoms with Crippen LogP contribution in [0.1, 0.15) is 29.7 Å². The zero-order chi connectivity index (χ0) is 19.2. The number of carbonyl (C=O) groups excluding carboxylic acids is 1. The number of aliphatic hydroxyl groups excluding tert-OH is 1. The maximum atomic E-state index is 11.6. The topological polar surface area (TPSA) is 79.8 Å². The summed E-state index contributed by atoms with van der Waals surface area (Å²) in [4.78, 5) is 11.6. The normalized spacial score (nSPS) is 18.0. The Morgan fingerprint density at radius 2 is 2.04 bits per heavy atom. The van der Waals surface area contributed by atoms with Gasteiger partial charge >= 0.3 is 0 Å². The summed E-state index contributed by atoms with van der Waals surface area (Å²) >= 11 is 0. The lowest BCUT2D eigenvalue weighted by molar-refractivity contribution is -0.123. The summed E-state index contributed by atoms with van der Waals surface area (Å²) in [6, 6.07) is 13.6. The average Bonchev–Trinajstić information content (AvgIpc) is 3.00. The van der Waals surface area contributed by atoms with Gasteiger partial charge in [-0.1, -0.05) is 30.3 Å². The molecule has 2 aromatic carbocycles. The second-order valence-electron chi connectivity index (χ2n) is 6.56. The summed E-state index contributed by atoms with van der Waals surface area (Å²) in [5, 5.41) is 16.5. The molecule has 3 N–H and O–H groups in total. The van der Waals surface area contributed by atoms with E-state index in [1.165, 1.54) is 5.56 Å². The minimum atomic E-state index is -0.427. The lowest BCUT2D eigenvalue weighted by Crippen LogP contribution is -2.28. The maximum absolute atomic E-state index is 11.6. The Labute approximate surface area is 159 Å². The van der Waals surface area contributed by atoms with E-state index in [9.17, 15) is 9.90 Å². The minimum absolute atomic E-state index is 0.0488. The van der Waals surface area contributed by atoms with Crippen LogP contribution < -0.4 is 20.1 Å². The molecule has 3 rings (SSSR count). The molecule has 2 aromatic rings. The Bertz CT molecular complexity index is 794. The number of benzene rings is 2. The van der Waals surface area contributed by atoms with E-state index < -0.39 is 6.10 Å². The first-order valence-electron chi connectivity index (χ1n) is 9.18. The third-order valence-electron chi connectivity index (χ3n) is 4.69. The highest BCUT2D eigenvalue weighted by molar-refractivity contribution is 5.77. The van der Waals surface area contributed by atoms with Crippen LogP contribution in [0.3, 0.4) is 0 Å². The summed E-state index contributed by atoms with van der Waals surface area (Å²) in [5.41, 5.74) is 3.35. The van der Waals surface area contributed by atoms with Gasteiger partial charge in [-0.15, -0.1) is 0 Å². The third-order valence-corrected chi connectivity index (χ3v) is 4.69. The van der Waals surface area contributed by atoms with Crippen LogP contribution in [0.4, 0.5) is 0 Å². The largest absolute Gasteiger partial charge is 0.493 e. The van der Waals surface area contributed by atoms with Gasteiger partial charge in [0.2, 0.25) is 0 Å². The first kappa shape index (κ1) is 19.2. The van der Waals surface area contributed by atoms with E-state index in [0.717, 1.165) is 11.1 Å². The van der Waals surface area contributed by atoms with Crippen molar-refractivity contribution in [3.63, 3.8) is 0 Å². The van der Waals surface area contributed by atoms with Crippen molar-refractivity contribution in [3.05, 3.63) is 59.2 Å². The lowest BCUT2D eigenvalue weighted by atomic mass is 10.1. The van der Waals surface area contributed by atoms with E-state index in [1.807, 2.05) is 31.2 Å². The number of hydrogen-bond donors (Lipinski definition) is 3. The minimum Gasteiger partial charge on any atom is -0.493 e. The highest BCUT2D eigenvalue weighted by atomic mass is 16.5. The van der Waals surface area contributed by atoms with Gasteiger partial charge in [0.1, 0.15) is 0 Å². The number of hydrogen-bond acceptors (Lipinski definition) is 5. The van der Waals surface area contributed by atoms with Crippen molar-refractivity contribution in [1.82, 2.24) is 10.6 Å². The fourth-order valence-electron chi connectivity index (χ4n) is 3.38. The van der Waals surface area contributed by atoms with Crippen molar-refractivity contribution < 1.29 is 19.4 Å². The predicted molar refractivity (Wildman–Crippen MR) is 103 cm³/mol. The molecule has 0 fully saturated rings. The fourth-order valence-corrected chi connectivity index (χ4v) is 3.38.